The molecule has 0 fully saturated rings. The van der Waals surface area contributed by atoms with Gasteiger partial charge in [-0.1, -0.05) is 6.07 Å². The molecule has 2 rings (SSSR count). The molecule has 18 heavy (non-hydrogen) atoms. The van der Waals surface area contributed by atoms with E-state index in [2.05, 4.69) is 4.98 Å². The van der Waals surface area contributed by atoms with Gasteiger partial charge in [0.05, 0.1) is 6.54 Å². The number of imidazole rings is 1. The summed E-state index contributed by atoms with van der Waals surface area (Å²) in [6.07, 6.45) is 3.24. The van der Waals surface area contributed by atoms with Crippen LogP contribution in [0.2, 0.25) is 0 Å². The molecule has 0 saturated heterocycles. The van der Waals surface area contributed by atoms with Crippen molar-refractivity contribution in [3.8, 4) is 6.07 Å². The number of nitriles is 1. The summed E-state index contributed by atoms with van der Waals surface area (Å²) in [5, 5.41) is 8.85. The molecule has 0 bridgehead atoms. The van der Waals surface area contributed by atoms with Gasteiger partial charge in [-0.25, -0.2) is 4.98 Å². The van der Waals surface area contributed by atoms with Gasteiger partial charge >= 0.3 is 0 Å². The molecule has 4 N–H and O–H groups in total. The van der Waals surface area contributed by atoms with Crippen LogP contribution in [-0.4, -0.2) is 15.5 Å². The standard InChI is InChI=1S/C12H11N5O/c13-6-11-16-3-4-17(11)7-9-2-1-8(12(15)18)5-10(9)14/h1-5H,7,14H2,(H2,15,18). The van der Waals surface area contributed by atoms with Crippen LogP contribution < -0.4 is 11.5 Å². The van der Waals surface area contributed by atoms with Gasteiger partial charge in [0.2, 0.25) is 11.7 Å². The van der Waals surface area contributed by atoms with E-state index in [1.54, 1.807) is 29.1 Å². The Balaban J connectivity index is 2.31. The van der Waals surface area contributed by atoms with Crippen LogP contribution in [0, 0.1) is 11.3 Å². The van der Waals surface area contributed by atoms with Crippen molar-refractivity contribution in [3.63, 3.8) is 0 Å². The first-order valence-electron chi connectivity index (χ1n) is 5.21. The fourth-order valence-electron chi connectivity index (χ4n) is 1.63. The predicted molar refractivity (Wildman–Crippen MR) is 65.4 cm³/mol. The van der Waals surface area contributed by atoms with Gasteiger partial charge < -0.3 is 16.0 Å². The van der Waals surface area contributed by atoms with E-state index in [4.69, 9.17) is 16.7 Å². The maximum atomic E-state index is 11.0. The quantitative estimate of drug-likeness (QED) is 0.761. The lowest BCUT2D eigenvalue weighted by atomic mass is 10.1. The Morgan fingerprint density at radius 2 is 2.28 bits per heavy atom. The van der Waals surface area contributed by atoms with E-state index in [0.717, 1.165) is 5.56 Å². The number of benzene rings is 1. The minimum atomic E-state index is -0.520. The Hall–Kier alpha value is -2.81. The Kier molecular flexibility index (Phi) is 2.98. The molecule has 0 spiro atoms. The van der Waals surface area contributed by atoms with Gasteiger partial charge in [-0.2, -0.15) is 5.26 Å². The highest BCUT2D eigenvalue weighted by molar-refractivity contribution is 5.93. The van der Waals surface area contributed by atoms with Crippen molar-refractivity contribution in [3.05, 3.63) is 47.5 Å². The van der Waals surface area contributed by atoms with Gasteiger partial charge in [-0.15, -0.1) is 0 Å². The van der Waals surface area contributed by atoms with E-state index in [1.807, 2.05) is 6.07 Å². The molecule has 90 valence electrons. The van der Waals surface area contributed by atoms with Crippen molar-refractivity contribution in [2.45, 2.75) is 6.54 Å². The number of primary amides is 1. The Morgan fingerprint density at radius 3 is 2.89 bits per heavy atom. The minimum Gasteiger partial charge on any atom is -0.398 e. The zero-order valence-electron chi connectivity index (χ0n) is 9.50. The lowest BCUT2D eigenvalue weighted by molar-refractivity contribution is 0.100. The number of nitrogens with zero attached hydrogens (tertiary/aromatic N) is 3. The van der Waals surface area contributed by atoms with Crippen LogP contribution in [0.4, 0.5) is 5.69 Å². The number of anilines is 1. The molecule has 0 aliphatic rings. The van der Waals surface area contributed by atoms with Gasteiger partial charge in [-0.3, -0.25) is 4.79 Å². The second-order valence-corrected chi connectivity index (χ2v) is 3.77. The molecule has 0 saturated carbocycles. The van der Waals surface area contributed by atoms with Crippen LogP contribution in [0.25, 0.3) is 0 Å². The molecule has 6 nitrogen and oxygen atoms in total. The zero-order valence-corrected chi connectivity index (χ0v) is 9.50. The number of aromatic nitrogens is 2. The number of hydrogen-bond donors (Lipinski definition) is 2. The molecule has 0 unspecified atom stereocenters. The fourth-order valence-corrected chi connectivity index (χ4v) is 1.63. The number of rotatable bonds is 3. The van der Waals surface area contributed by atoms with Crippen molar-refractivity contribution >= 4 is 11.6 Å². The Labute approximate surface area is 103 Å². The summed E-state index contributed by atoms with van der Waals surface area (Å²) >= 11 is 0. The van der Waals surface area contributed by atoms with Crippen LogP contribution in [-0.2, 0) is 6.54 Å². The van der Waals surface area contributed by atoms with Crippen molar-refractivity contribution < 1.29 is 4.79 Å². The largest absolute Gasteiger partial charge is 0.398 e. The zero-order chi connectivity index (χ0) is 13.1. The smallest absolute Gasteiger partial charge is 0.248 e. The van der Waals surface area contributed by atoms with Gasteiger partial charge in [-0.05, 0) is 17.7 Å². The molecule has 6 heteroatoms. The SMILES string of the molecule is N#Cc1nccn1Cc1ccc(C(N)=O)cc1N. The van der Waals surface area contributed by atoms with Gasteiger partial charge in [0.15, 0.2) is 0 Å². The van der Waals surface area contributed by atoms with Gasteiger partial charge in [0.1, 0.15) is 6.07 Å². The molecule has 1 heterocycles. The van der Waals surface area contributed by atoms with Crippen LogP contribution >= 0.6 is 0 Å². The van der Waals surface area contributed by atoms with Crippen LogP contribution in [0.3, 0.4) is 0 Å². The molecular formula is C12H11N5O. The van der Waals surface area contributed by atoms with E-state index < -0.39 is 5.91 Å². The van der Waals surface area contributed by atoms with E-state index >= 15 is 0 Å². The highest BCUT2D eigenvalue weighted by Gasteiger charge is 2.07. The molecule has 1 aromatic carbocycles. The molecule has 0 aliphatic carbocycles. The molecule has 0 radical (unpaired) electrons. The highest BCUT2D eigenvalue weighted by atomic mass is 16.1. The van der Waals surface area contributed by atoms with Crippen molar-refractivity contribution in [2.24, 2.45) is 5.73 Å². The molecular weight excluding hydrogens is 230 g/mol. The summed E-state index contributed by atoms with van der Waals surface area (Å²) in [6, 6.07) is 6.84. The summed E-state index contributed by atoms with van der Waals surface area (Å²) in [5.41, 5.74) is 12.6. The van der Waals surface area contributed by atoms with Crippen molar-refractivity contribution in [2.75, 3.05) is 5.73 Å². The number of amides is 1. The molecule has 2 aromatic rings. The second-order valence-electron chi connectivity index (χ2n) is 3.77. The van der Waals surface area contributed by atoms with Gasteiger partial charge in [0.25, 0.3) is 0 Å². The van der Waals surface area contributed by atoms with Gasteiger partial charge in [0, 0.05) is 23.6 Å². The molecule has 0 aliphatic heterocycles. The third-order valence-corrected chi connectivity index (χ3v) is 2.59. The van der Waals surface area contributed by atoms with E-state index in [9.17, 15) is 4.79 Å². The van der Waals surface area contributed by atoms with E-state index in [0.29, 0.717) is 23.6 Å². The monoisotopic (exact) mass is 241 g/mol. The Bertz CT molecular complexity index is 638. The van der Waals surface area contributed by atoms with Crippen molar-refractivity contribution in [1.29, 1.82) is 5.26 Å². The highest BCUT2D eigenvalue weighted by Crippen LogP contribution is 2.16. The summed E-state index contributed by atoms with van der Waals surface area (Å²) < 4.78 is 1.68. The number of nitrogens with two attached hydrogens (primary N) is 2. The minimum absolute atomic E-state index is 0.313. The number of hydrogen-bond acceptors (Lipinski definition) is 4. The maximum Gasteiger partial charge on any atom is 0.248 e. The third-order valence-electron chi connectivity index (χ3n) is 2.59. The number of carbonyl (C=O) groups excluding carboxylic acids is 1. The Morgan fingerprint density at radius 1 is 1.50 bits per heavy atom. The predicted octanol–water partition coefficient (Wildman–Crippen LogP) is 0.484. The fraction of sp³-hybridized carbons (Fsp3) is 0.0833. The van der Waals surface area contributed by atoms with Crippen LogP contribution in [0.15, 0.2) is 30.6 Å². The number of nitrogen functional groups attached to an aromatic ring is 1. The average Bonchev–Trinajstić information content (AvgIpc) is 2.78. The van der Waals surface area contributed by atoms with Crippen molar-refractivity contribution in [1.82, 2.24) is 9.55 Å². The third kappa shape index (κ3) is 2.15. The van der Waals surface area contributed by atoms with Crippen LogP contribution in [0.1, 0.15) is 21.7 Å². The van der Waals surface area contributed by atoms with E-state index in [1.165, 1.54) is 6.07 Å². The topological polar surface area (TPSA) is 111 Å². The first-order valence-corrected chi connectivity index (χ1v) is 5.21. The molecule has 1 amide bonds. The lowest BCUT2D eigenvalue weighted by Crippen LogP contribution is -2.12. The first-order chi connectivity index (χ1) is 8.61. The average molecular weight is 241 g/mol. The summed E-state index contributed by atoms with van der Waals surface area (Å²) in [7, 11) is 0. The first kappa shape index (κ1) is 11.7. The van der Waals surface area contributed by atoms with Crippen LogP contribution in [0.5, 0.6) is 0 Å². The molecule has 1 aromatic heterocycles. The second kappa shape index (κ2) is 4.59. The maximum absolute atomic E-state index is 11.0. The van der Waals surface area contributed by atoms with E-state index in [-0.39, 0.29) is 0 Å². The summed E-state index contributed by atoms with van der Waals surface area (Å²) in [5.74, 6) is -0.207. The number of carbonyl (C=O) groups is 1. The summed E-state index contributed by atoms with van der Waals surface area (Å²) in [6.45, 7) is 0.424. The summed E-state index contributed by atoms with van der Waals surface area (Å²) in [4.78, 5) is 14.9. The normalized spacial score (nSPS) is 9.94. The lowest BCUT2D eigenvalue weighted by Gasteiger charge is -2.08. The molecule has 0 atom stereocenters.